The first-order valence-electron chi connectivity index (χ1n) is 6.97. The van der Waals surface area contributed by atoms with E-state index in [-0.39, 0.29) is 6.10 Å². The van der Waals surface area contributed by atoms with E-state index in [0.29, 0.717) is 11.6 Å². The molecule has 0 aromatic carbocycles. The first-order valence-corrected chi connectivity index (χ1v) is 6.97. The minimum atomic E-state index is -0.132. The van der Waals surface area contributed by atoms with E-state index in [1.807, 2.05) is 0 Å². The van der Waals surface area contributed by atoms with Crippen molar-refractivity contribution in [2.45, 2.75) is 63.5 Å². The molecule has 2 heterocycles. The fourth-order valence-corrected chi connectivity index (χ4v) is 3.31. The number of rotatable bonds is 1. The average Bonchev–Trinajstić information content (AvgIpc) is 2.79. The van der Waals surface area contributed by atoms with Crippen LogP contribution in [-0.2, 0) is 13.0 Å². The van der Waals surface area contributed by atoms with E-state index in [1.165, 1.54) is 12.8 Å². The van der Waals surface area contributed by atoms with Crippen LogP contribution in [0.1, 0.15) is 61.7 Å². The lowest BCUT2D eigenvalue weighted by atomic mass is 9.87. The minimum absolute atomic E-state index is 0.132. The van der Waals surface area contributed by atoms with Crippen molar-refractivity contribution in [3.05, 3.63) is 17.2 Å². The van der Waals surface area contributed by atoms with Crippen LogP contribution in [0.4, 0.5) is 0 Å². The highest BCUT2D eigenvalue weighted by Gasteiger charge is 2.28. The van der Waals surface area contributed by atoms with Crippen LogP contribution < -0.4 is 0 Å². The first kappa shape index (κ1) is 11.7. The van der Waals surface area contributed by atoms with Gasteiger partial charge in [0.2, 0.25) is 0 Å². The number of fused-ring (bicyclic) bond motifs is 1. The summed E-state index contributed by atoms with van der Waals surface area (Å²) in [6.07, 6.45) is 6.96. The zero-order chi connectivity index (χ0) is 12.5. The Bertz CT molecular complexity index is 478. The molecule has 4 heteroatoms. The van der Waals surface area contributed by atoms with Gasteiger partial charge in [-0.1, -0.05) is 0 Å². The Balaban J connectivity index is 1.92. The van der Waals surface area contributed by atoms with Crippen molar-refractivity contribution < 1.29 is 5.11 Å². The van der Waals surface area contributed by atoms with Gasteiger partial charge in [-0.05, 0) is 44.9 Å². The Hall–Kier alpha value is -1.34. The monoisotopic (exact) mass is 245 g/mol. The molecular weight excluding hydrogens is 226 g/mol. The van der Waals surface area contributed by atoms with Gasteiger partial charge in [0.25, 0.3) is 0 Å². The third-order valence-electron chi connectivity index (χ3n) is 4.32. The molecule has 1 aromatic heterocycles. The summed E-state index contributed by atoms with van der Waals surface area (Å²) in [6.45, 7) is 1.01. The summed E-state index contributed by atoms with van der Waals surface area (Å²) in [5.41, 5.74) is 1.78. The molecule has 18 heavy (non-hydrogen) atoms. The lowest BCUT2D eigenvalue weighted by Gasteiger charge is -2.26. The molecule has 0 atom stereocenters. The van der Waals surface area contributed by atoms with Gasteiger partial charge in [-0.3, -0.25) is 0 Å². The summed E-state index contributed by atoms with van der Waals surface area (Å²) in [6, 6.07) is 2.24. The molecule has 1 N–H and O–H groups in total. The Morgan fingerprint density at radius 3 is 2.72 bits per heavy atom. The molecule has 0 bridgehead atoms. The van der Waals surface area contributed by atoms with Gasteiger partial charge in [0.05, 0.1) is 11.8 Å². The topological polar surface area (TPSA) is 61.8 Å². The molecule has 3 rings (SSSR count). The standard InChI is InChI=1S/C14H19N3O/c15-9-12-13-3-1-2-8-17(13)14(16-12)10-4-6-11(18)7-5-10/h10-11,18H,1-8H2. The number of aromatic nitrogens is 2. The van der Waals surface area contributed by atoms with E-state index in [1.54, 1.807) is 0 Å². The van der Waals surface area contributed by atoms with Crippen molar-refractivity contribution in [2.75, 3.05) is 0 Å². The predicted octanol–water partition coefficient (Wildman–Crippen LogP) is 2.11. The maximum atomic E-state index is 9.58. The highest BCUT2D eigenvalue weighted by molar-refractivity contribution is 5.31. The van der Waals surface area contributed by atoms with E-state index in [4.69, 9.17) is 0 Å². The largest absolute Gasteiger partial charge is 0.393 e. The van der Waals surface area contributed by atoms with Crippen molar-refractivity contribution in [1.29, 1.82) is 5.26 Å². The normalized spacial score (nSPS) is 27.6. The number of nitrogens with zero attached hydrogens (tertiary/aromatic N) is 3. The third-order valence-corrected chi connectivity index (χ3v) is 4.32. The smallest absolute Gasteiger partial charge is 0.161 e. The van der Waals surface area contributed by atoms with Crippen molar-refractivity contribution in [1.82, 2.24) is 9.55 Å². The molecule has 0 amide bonds. The van der Waals surface area contributed by atoms with Crippen molar-refractivity contribution >= 4 is 0 Å². The summed E-state index contributed by atoms with van der Waals surface area (Å²) >= 11 is 0. The van der Waals surface area contributed by atoms with E-state index < -0.39 is 0 Å². The van der Waals surface area contributed by atoms with Gasteiger partial charge in [0.1, 0.15) is 11.9 Å². The van der Waals surface area contributed by atoms with Gasteiger partial charge < -0.3 is 9.67 Å². The highest BCUT2D eigenvalue weighted by Crippen LogP contribution is 2.34. The Morgan fingerprint density at radius 1 is 1.22 bits per heavy atom. The second-order valence-corrected chi connectivity index (χ2v) is 5.49. The molecule has 1 fully saturated rings. The molecule has 1 aromatic rings. The Kier molecular flexibility index (Phi) is 3.09. The van der Waals surface area contributed by atoms with Gasteiger partial charge in [-0.15, -0.1) is 0 Å². The number of aliphatic hydroxyl groups excluding tert-OH is 1. The molecule has 96 valence electrons. The lowest BCUT2D eigenvalue weighted by molar-refractivity contribution is 0.120. The van der Waals surface area contributed by atoms with Crippen LogP contribution >= 0.6 is 0 Å². The number of hydrogen-bond acceptors (Lipinski definition) is 3. The van der Waals surface area contributed by atoms with Gasteiger partial charge in [-0.25, -0.2) is 4.98 Å². The summed E-state index contributed by atoms with van der Waals surface area (Å²) in [4.78, 5) is 4.58. The Labute approximate surface area is 107 Å². The molecule has 0 spiro atoms. The van der Waals surface area contributed by atoms with Crippen LogP contribution in [0.2, 0.25) is 0 Å². The summed E-state index contributed by atoms with van der Waals surface area (Å²) in [5.74, 6) is 1.54. The van der Waals surface area contributed by atoms with E-state index >= 15 is 0 Å². The number of hydrogen-bond donors (Lipinski definition) is 1. The van der Waals surface area contributed by atoms with Gasteiger partial charge >= 0.3 is 0 Å². The van der Waals surface area contributed by atoms with Crippen LogP contribution in [0.5, 0.6) is 0 Å². The fraction of sp³-hybridized carbons (Fsp3) is 0.714. The molecule has 0 radical (unpaired) electrons. The molecule has 1 aliphatic heterocycles. The van der Waals surface area contributed by atoms with Gasteiger partial charge in [-0.2, -0.15) is 5.26 Å². The quantitative estimate of drug-likeness (QED) is 0.824. The van der Waals surface area contributed by atoms with Crippen LogP contribution in [-0.4, -0.2) is 20.8 Å². The predicted molar refractivity (Wildman–Crippen MR) is 67.1 cm³/mol. The molecule has 4 nitrogen and oxygen atoms in total. The van der Waals surface area contributed by atoms with Crippen molar-refractivity contribution in [3.8, 4) is 6.07 Å². The van der Waals surface area contributed by atoms with E-state index in [2.05, 4.69) is 15.6 Å². The van der Waals surface area contributed by atoms with Gasteiger partial charge in [0, 0.05) is 12.5 Å². The lowest BCUT2D eigenvalue weighted by Crippen LogP contribution is -2.21. The maximum absolute atomic E-state index is 9.58. The average molecular weight is 245 g/mol. The molecule has 1 saturated carbocycles. The molecule has 0 unspecified atom stereocenters. The third kappa shape index (κ3) is 1.93. The highest BCUT2D eigenvalue weighted by atomic mass is 16.3. The zero-order valence-corrected chi connectivity index (χ0v) is 10.6. The minimum Gasteiger partial charge on any atom is -0.393 e. The second-order valence-electron chi connectivity index (χ2n) is 5.49. The van der Waals surface area contributed by atoms with E-state index in [9.17, 15) is 10.4 Å². The number of aliphatic hydroxyl groups is 1. The van der Waals surface area contributed by atoms with E-state index in [0.717, 1.165) is 50.2 Å². The number of nitriles is 1. The Morgan fingerprint density at radius 2 is 2.00 bits per heavy atom. The maximum Gasteiger partial charge on any atom is 0.161 e. The number of imidazole rings is 1. The van der Waals surface area contributed by atoms with Crippen LogP contribution in [0.25, 0.3) is 0 Å². The molecule has 0 saturated heterocycles. The van der Waals surface area contributed by atoms with Crippen LogP contribution in [0.15, 0.2) is 0 Å². The SMILES string of the molecule is N#Cc1nc(C2CCC(O)CC2)n2c1CCCC2. The summed E-state index contributed by atoms with van der Waals surface area (Å²) < 4.78 is 2.28. The summed E-state index contributed by atoms with van der Waals surface area (Å²) in [5, 5.41) is 18.8. The molecular formula is C14H19N3O. The fourth-order valence-electron chi connectivity index (χ4n) is 3.31. The van der Waals surface area contributed by atoms with Gasteiger partial charge in [0.15, 0.2) is 5.69 Å². The zero-order valence-electron chi connectivity index (χ0n) is 10.6. The van der Waals surface area contributed by atoms with Crippen molar-refractivity contribution in [2.24, 2.45) is 0 Å². The van der Waals surface area contributed by atoms with Crippen LogP contribution in [0.3, 0.4) is 0 Å². The summed E-state index contributed by atoms with van der Waals surface area (Å²) in [7, 11) is 0. The van der Waals surface area contributed by atoms with Crippen LogP contribution in [0, 0.1) is 11.3 Å². The van der Waals surface area contributed by atoms with Crippen molar-refractivity contribution in [3.63, 3.8) is 0 Å². The molecule has 1 aliphatic carbocycles. The second kappa shape index (κ2) is 4.74. The molecule has 2 aliphatic rings. The first-order chi connectivity index (χ1) is 8.79.